The van der Waals surface area contributed by atoms with Crippen LogP contribution in [0.25, 0.3) is 22.3 Å². The maximum Gasteiger partial charge on any atom is 0.326 e. The van der Waals surface area contributed by atoms with Gasteiger partial charge in [-0.2, -0.15) is 9.97 Å². The highest BCUT2D eigenvalue weighted by atomic mass is 16.5. The minimum Gasteiger partial charge on any atom is -0.480 e. The number of carboxylic acid groups (broad SMARTS) is 2. The lowest BCUT2D eigenvalue weighted by Gasteiger charge is -2.45. The number of benzene rings is 2. The topological polar surface area (TPSA) is 789 Å². The van der Waals surface area contributed by atoms with E-state index in [9.17, 15) is 102 Å². The number of ether oxygens (including phenoxy) is 1. The van der Waals surface area contributed by atoms with Crippen LogP contribution in [0.15, 0.2) is 70.5 Å². The molecule has 4 amide bonds. The molecule has 0 bridgehead atoms. The molecule has 45 heteroatoms. The van der Waals surface area contributed by atoms with Crippen molar-refractivity contribution in [3.05, 3.63) is 104 Å². The molecule has 45 nitrogen and oxygen atoms in total. The summed E-state index contributed by atoms with van der Waals surface area (Å²) >= 11 is 0. The van der Waals surface area contributed by atoms with Gasteiger partial charge in [0.2, 0.25) is 23.7 Å². The number of aliphatic hydroxyl groups excluding tert-OH is 4. The van der Waals surface area contributed by atoms with Gasteiger partial charge in [-0.1, -0.05) is 117 Å². The summed E-state index contributed by atoms with van der Waals surface area (Å²) in [6.45, 7) is 29.4. The number of hydrogen-bond donors (Lipinski definition) is 22. The molecule has 6 aromatic rings. The highest BCUT2D eigenvalue weighted by Gasteiger charge is 2.48. The molecular formula is C94H142N22O23. The lowest BCUT2D eigenvalue weighted by molar-refractivity contribution is -0.250. The lowest BCUT2D eigenvalue weighted by Crippen LogP contribution is -2.61. The van der Waals surface area contributed by atoms with Crippen LogP contribution in [0.1, 0.15) is 265 Å². The van der Waals surface area contributed by atoms with E-state index in [-0.39, 0.29) is 187 Å². The van der Waals surface area contributed by atoms with E-state index in [4.69, 9.17) is 55.1 Å². The summed E-state index contributed by atoms with van der Waals surface area (Å²) in [5.74, 6) is -5.83. The normalized spacial score (nSPS) is 16.0. The predicted octanol–water partition coefficient (Wildman–Crippen LogP) is 4.32. The Balaban J connectivity index is 0.000000457. The van der Waals surface area contributed by atoms with Gasteiger partial charge < -0.3 is 106 Å². The molecule has 1 aliphatic rings. The van der Waals surface area contributed by atoms with Crippen LogP contribution in [0.3, 0.4) is 0 Å². The number of nitrogens with one attached hydrogen (secondary N) is 10. The minimum absolute atomic E-state index is 0.00849. The van der Waals surface area contributed by atoms with Crippen molar-refractivity contribution >= 4 is 139 Å². The number of aliphatic hydroxyl groups is 4. The second-order valence-corrected chi connectivity index (χ2v) is 39.1. The van der Waals surface area contributed by atoms with E-state index in [1.807, 2.05) is 20.8 Å². The van der Waals surface area contributed by atoms with Crippen LogP contribution >= 0.6 is 0 Å². The molecule has 1 saturated heterocycles. The maximum absolute atomic E-state index is 12.8. The van der Waals surface area contributed by atoms with Crippen LogP contribution < -0.4 is 77.4 Å². The largest absolute Gasteiger partial charge is 0.480 e. The summed E-state index contributed by atoms with van der Waals surface area (Å²) in [7, 11) is 0. The molecule has 7 unspecified atom stereocenters. The fourth-order valence-electron chi connectivity index (χ4n) is 13.1. The van der Waals surface area contributed by atoms with Gasteiger partial charge in [-0.15, -0.1) is 0 Å². The van der Waals surface area contributed by atoms with Gasteiger partial charge in [0, 0.05) is 108 Å². The van der Waals surface area contributed by atoms with Crippen LogP contribution in [0, 0.1) is 37.9 Å². The Hall–Kier alpha value is -13.1. The standard InChI is InChI=1S/C24H29N7O4.C23H27N7O5.C19H34N4O4.C18H32N4O5.C10H20O5/c1-13(32)5-10-17(19(33)24(2,3)4)29-21(34)14-6-8-15(9-7-14)26-11-16-12-27-20-18(28-16)22(35)31-23(25)30-20;1-23(2,3)16(31)9-8-15(21(34)35)28-19(32)12-4-6-13(7-5-12)25-10-14-11-26-18-17(27-14)20(33)30-22(24)29-18;1-12(24)11-14(18(27)19(2,3)4)23-17(26)10-9-15(25)13(20)7-5-6-8-16(21)22;1-18(2,3)14(24)10-12(17(26)27)22-16(25)9-8-13(23)11(19)6-4-5-7-15(20)21;1-10(2,3)9-8(14)7(13)6(12)5(4-11)15-9/h6-9,12,17,26H,5,10-11H2,1-4H3,(H,29,34)(H3,25,27,30,31,35);4-7,11,15,25H,8-10H2,1-3H3,(H,28,32)(H,34,35)(H3,24,26,29,30,33);13-14H,5-11,20H2,1-4H3,(H3,21,22)(H,23,26);11-12H,4-10,19H2,1-3H3,(H3,20,21)(H,22,25)(H,26,27);5-9,11-14H,4H2,1-3H3/t;;13-,14-;11-,12-;/m..00./s1. The molecule has 4 aromatic heterocycles. The number of nitrogen functional groups attached to an aromatic ring is 2. The molecule has 11 atom stereocenters. The molecule has 2 aromatic carbocycles. The zero-order chi connectivity index (χ0) is 106. The summed E-state index contributed by atoms with van der Waals surface area (Å²) in [6, 6.07) is 7.59. The van der Waals surface area contributed by atoms with Crippen molar-refractivity contribution in [2.75, 3.05) is 28.7 Å². The first-order valence-electron chi connectivity index (χ1n) is 45.4. The van der Waals surface area contributed by atoms with Crippen molar-refractivity contribution in [3.63, 3.8) is 0 Å². The molecule has 0 spiro atoms. The van der Waals surface area contributed by atoms with Crippen molar-refractivity contribution in [2.45, 2.75) is 313 Å². The third-order valence-corrected chi connectivity index (χ3v) is 21.4. The van der Waals surface area contributed by atoms with Gasteiger partial charge in [-0.05, 0) is 106 Å². The number of fused-ring (bicyclic) bond motifs is 2. The first-order valence-corrected chi connectivity index (χ1v) is 45.4. The molecule has 139 heavy (non-hydrogen) atoms. The molecule has 1 aliphatic heterocycles. The number of amidine groups is 2. The Kier molecular flexibility index (Phi) is 47.9. The number of aromatic amines is 2. The Morgan fingerprint density at radius 2 is 0.842 bits per heavy atom. The van der Waals surface area contributed by atoms with Gasteiger partial charge in [0.15, 0.2) is 33.9 Å². The molecule has 0 radical (unpaired) electrons. The average molecular weight is 1950 g/mol. The Bertz CT molecular complexity index is 5380. The zero-order valence-electron chi connectivity index (χ0n) is 82.2. The Morgan fingerprint density at radius 3 is 1.20 bits per heavy atom. The Morgan fingerprint density at radius 1 is 0.453 bits per heavy atom. The molecule has 7 rings (SSSR count). The van der Waals surface area contributed by atoms with E-state index >= 15 is 0 Å². The second kappa shape index (κ2) is 55.5. The summed E-state index contributed by atoms with van der Waals surface area (Å²) < 4.78 is 5.38. The highest BCUT2D eigenvalue weighted by Crippen LogP contribution is 2.33. The number of carbonyl (C=O) groups is 14. The van der Waals surface area contributed by atoms with E-state index in [0.29, 0.717) is 79.7 Å². The van der Waals surface area contributed by atoms with Crippen molar-refractivity contribution in [1.29, 1.82) is 10.8 Å². The zero-order valence-corrected chi connectivity index (χ0v) is 82.2. The van der Waals surface area contributed by atoms with Gasteiger partial charge in [0.05, 0.1) is 85.4 Å². The van der Waals surface area contributed by atoms with E-state index in [1.54, 1.807) is 132 Å². The summed E-state index contributed by atoms with van der Waals surface area (Å²) in [4.78, 5) is 222. The minimum atomic E-state index is -1.32. The van der Waals surface area contributed by atoms with Crippen LogP contribution in [-0.4, -0.2) is 237 Å². The van der Waals surface area contributed by atoms with Crippen molar-refractivity contribution in [1.82, 2.24) is 61.1 Å². The monoisotopic (exact) mass is 1950 g/mol. The lowest BCUT2D eigenvalue weighted by atomic mass is 9.80. The number of unbranched alkanes of at least 4 members (excludes halogenated alkanes) is 2. The smallest absolute Gasteiger partial charge is 0.326 e. The van der Waals surface area contributed by atoms with Gasteiger partial charge in [-0.25, -0.2) is 29.5 Å². The van der Waals surface area contributed by atoms with Crippen LogP contribution in [-0.2, 0) is 75.4 Å². The van der Waals surface area contributed by atoms with Crippen LogP contribution in [0.2, 0.25) is 0 Å². The number of nitrogens with two attached hydrogens (primary N) is 6. The molecule has 0 aliphatic carbocycles. The third kappa shape index (κ3) is 43.2. The maximum atomic E-state index is 12.8. The molecule has 766 valence electrons. The van der Waals surface area contributed by atoms with Gasteiger partial charge in [0.1, 0.15) is 71.2 Å². The fraction of sp³-hybridized carbons (Fsp3) is 0.574. The van der Waals surface area contributed by atoms with Gasteiger partial charge >= 0.3 is 11.9 Å². The quantitative estimate of drug-likeness (QED) is 0.0144. The first-order chi connectivity index (χ1) is 64.3. The number of aromatic nitrogens is 8. The number of H-pyrrole nitrogens is 2. The fourth-order valence-corrected chi connectivity index (χ4v) is 13.1. The average Bonchev–Trinajstić information content (AvgIpc) is 0.783. The molecule has 5 heterocycles. The first kappa shape index (κ1) is 120. The van der Waals surface area contributed by atoms with E-state index in [2.05, 4.69) is 71.8 Å². The number of hydrogen-bond acceptors (Lipinski definition) is 35. The van der Waals surface area contributed by atoms with Crippen molar-refractivity contribution in [2.24, 2.45) is 50.0 Å². The SMILES string of the molecule is CC(=O)CCC(NC(=O)c1ccc(NCc2cnc3nc(N)[nH]c(=O)c3n2)cc1)C(=O)C(C)(C)C.CC(=O)C[C@H](NC(=O)CCC(=O)[C@@H](N)CCCCC(=N)N)C(=O)C(C)(C)C.CC(C)(C)C(=O)CCC(NC(=O)c1ccc(NCc2cnc3nc(N)[nH]c(=O)c3n2)cc1)C(=O)O.CC(C)(C)C(=O)C[C@H](NC(=O)CCC(=O)[C@@H](N)CCCCC(=N)N)C(=O)O.CC(C)(C)C1OC(CO)C(O)C(O)C1O. The van der Waals surface area contributed by atoms with E-state index in [0.717, 1.165) is 0 Å². The predicted molar refractivity (Wildman–Crippen MR) is 519 cm³/mol. The summed E-state index contributed by atoms with van der Waals surface area (Å²) in [6.07, 6.45) is 2.16. The van der Waals surface area contributed by atoms with Gasteiger partial charge in [-0.3, -0.25) is 83.1 Å². The van der Waals surface area contributed by atoms with E-state index < -0.39 is 135 Å². The number of nitrogens with zero attached hydrogens (tertiary/aromatic N) is 6. The number of carboxylic acids is 2. The van der Waals surface area contributed by atoms with Crippen LogP contribution in [0.5, 0.6) is 0 Å². The third-order valence-electron chi connectivity index (χ3n) is 21.4. The van der Waals surface area contributed by atoms with Gasteiger partial charge in [0.25, 0.3) is 22.9 Å². The number of amides is 4. The van der Waals surface area contributed by atoms with Crippen molar-refractivity contribution in [3.8, 4) is 0 Å². The molecule has 0 saturated carbocycles. The number of aliphatic carboxylic acids is 2. The Labute approximate surface area is 805 Å². The number of rotatable bonds is 45. The van der Waals surface area contributed by atoms with Crippen LogP contribution in [0.4, 0.5) is 23.3 Å². The number of ketones is 8. The molecule has 28 N–H and O–H groups in total. The van der Waals surface area contributed by atoms with Crippen molar-refractivity contribution < 1.29 is 102 Å². The summed E-state index contributed by atoms with van der Waals surface area (Å²) in [5.41, 5.74) is 32.7. The second-order valence-electron chi connectivity index (χ2n) is 39.1. The number of Topliss-reactive ketones (excluding diaryl/α,β-unsaturated/α-hetero) is 8. The highest BCUT2D eigenvalue weighted by molar-refractivity contribution is 6.01. The summed E-state index contributed by atoms with van der Waals surface area (Å²) in [5, 5.41) is 87.0. The number of anilines is 4. The molecule has 1 fully saturated rings. The number of carbonyl (C=O) groups excluding carboxylic acids is 12. The molecular weight excluding hydrogens is 1810 g/mol. The van der Waals surface area contributed by atoms with E-state index in [1.165, 1.54) is 26.2 Å².